The number of carbonyl (C=O) groups is 4. The molecule has 4 amide bonds. The third kappa shape index (κ3) is 3.71. The number of aliphatic carboxylic acids is 1. The maximum atomic E-state index is 12.7. The molecule has 1 saturated carbocycles. The third-order valence-corrected chi connectivity index (χ3v) is 6.24. The van der Waals surface area contributed by atoms with Crippen LogP contribution in [0.2, 0.25) is 0 Å². The highest BCUT2D eigenvalue weighted by Crippen LogP contribution is 2.32. The molecule has 8 heteroatoms. The third-order valence-electron chi connectivity index (χ3n) is 6.24. The lowest BCUT2D eigenvalue weighted by Crippen LogP contribution is -2.36. The number of fused-ring (bicyclic) bond motifs is 1. The number of hydrogen-bond donors (Lipinski definition) is 2. The number of hydrogen-bond acceptors (Lipinski definition) is 4. The molecule has 29 heavy (non-hydrogen) atoms. The van der Waals surface area contributed by atoms with Crippen molar-refractivity contribution in [2.24, 2.45) is 11.8 Å². The smallest absolute Gasteiger partial charge is 0.327 e. The zero-order chi connectivity index (χ0) is 20.5. The van der Waals surface area contributed by atoms with Crippen molar-refractivity contribution in [2.45, 2.75) is 51.1 Å². The van der Waals surface area contributed by atoms with Crippen molar-refractivity contribution in [3.63, 3.8) is 0 Å². The van der Waals surface area contributed by atoms with Crippen molar-refractivity contribution in [3.05, 3.63) is 29.8 Å². The molecule has 0 aromatic heterocycles. The zero-order valence-corrected chi connectivity index (χ0v) is 16.2. The lowest BCUT2D eigenvalue weighted by atomic mass is 9.78. The van der Waals surface area contributed by atoms with E-state index in [9.17, 15) is 24.3 Å². The summed E-state index contributed by atoms with van der Waals surface area (Å²) in [4.78, 5) is 52.0. The monoisotopic (exact) mass is 399 g/mol. The van der Waals surface area contributed by atoms with Gasteiger partial charge in [0.1, 0.15) is 6.04 Å². The minimum Gasteiger partial charge on any atom is -0.481 e. The molecule has 3 unspecified atom stereocenters. The Hall–Kier alpha value is -2.90. The number of rotatable bonds is 5. The Morgan fingerprint density at radius 3 is 2.55 bits per heavy atom. The fraction of sp³-hybridized carbons (Fsp3) is 0.524. The lowest BCUT2D eigenvalue weighted by molar-refractivity contribution is -0.147. The van der Waals surface area contributed by atoms with E-state index in [1.807, 2.05) is 0 Å². The SMILES string of the molecule is O=C(O)C1CCCCC1C(=O)Nc1cccc(CN2C(=O)C3CCCN3C2=O)c1. The molecule has 154 valence electrons. The van der Waals surface area contributed by atoms with E-state index in [1.165, 1.54) is 4.90 Å². The zero-order valence-electron chi connectivity index (χ0n) is 16.2. The van der Waals surface area contributed by atoms with E-state index in [1.54, 1.807) is 29.2 Å². The van der Waals surface area contributed by atoms with Gasteiger partial charge in [-0.15, -0.1) is 0 Å². The van der Waals surface area contributed by atoms with Crippen molar-refractivity contribution >= 4 is 29.5 Å². The lowest BCUT2D eigenvalue weighted by Gasteiger charge is -2.27. The largest absolute Gasteiger partial charge is 0.481 e. The van der Waals surface area contributed by atoms with Crippen LogP contribution in [-0.2, 0) is 20.9 Å². The van der Waals surface area contributed by atoms with Crippen molar-refractivity contribution in [2.75, 3.05) is 11.9 Å². The Labute approximate surface area is 168 Å². The normalized spacial score (nSPS) is 26.6. The van der Waals surface area contributed by atoms with E-state index < -0.39 is 17.8 Å². The number of carboxylic acids is 1. The second kappa shape index (κ2) is 7.85. The predicted molar refractivity (Wildman–Crippen MR) is 104 cm³/mol. The first kappa shape index (κ1) is 19.4. The summed E-state index contributed by atoms with van der Waals surface area (Å²) in [6.07, 6.45) is 4.32. The summed E-state index contributed by atoms with van der Waals surface area (Å²) in [5.41, 5.74) is 1.28. The van der Waals surface area contributed by atoms with Crippen LogP contribution in [0.3, 0.4) is 0 Å². The van der Waals surface area contributed by atoms with E-state index in [0.29, 0.717) is 31.5 Å². The van der Waals surface area contributed by atoms with Gasteiger partial charge in [0.25, 0.3) is 5.91 Å². The van der Waals surface area contributed by atoms with Gasteiger partial charge in [0.15, 0.2) is 0 Å². The van der Waals surface area contributed by atoms with Gasteiger partial charge in [0.2, 0.25) is 5.91 Å². The molecule has 1 aromatic rings. The maximum Gasteiger partial charge on any atom is 0.327 e. The maximum absolute atomic E-state index is 12.7. The van der Waals surface area contributed by atoms with Gasteiger partial charge < -0.3 is 15.3 Å². The minimum atomic E-state index is -0.926. The van der Waals surface area contributed by atoms with E-state index in [2.05, 4.69) is 5.32 Å². The Kier molecular flexibility index (Phi) is 5.25. The van der Waals surface area contributed by atoms with Crippen LogP contribution in [0.15, 0.2) is 24.3 Å². The van der Waals surface area contributed by atoms with Crippen LogP contribution < -0.4 is 5.32 Å². The van der Waals surface area contributed by atoms with Crippen molar-refractivity contribution < 1.29 is 24.3 Å². The fourth-order valence-corrected chi connectivity index (χ4v) is 4.73. The van der Waals surface area contributed by atoms with Crippen LogP contribution in [0.25, 0.3) is 0 Å². The molecular formula is C21H25N3O5. The molecule has 2 saturated heterocycles. The summed E-state index contributed by atoms with van der Waals surface area (Å²) < 4.78 is 0. The minimum absolute atomic E-state index is 0.159. The van der Waals surface area contributed by atoms with Gasteiger partial charge in [-0.25, -0.2) is 4.79 Å². The Bertz CT molecular complexity index is 832. The molecule has 2 aliphatic heterocycles. The molecule has 0 radical (unpaired) electrons. The van der Waals surface area contributed by atoms with Gasteiger partial charge in [0.05, 0.1) is 18.4 Å². The number of imide groups is 1. The molecule has 2 heterocycles. The first-order valence-electron chi connectivity index (χ1n) is 10.2. The standard InChI is InChI=1S/C21H25N3O5/c25-18(15-7-1-2-8-16(15)20(27)28)22-14-6-3-5-13(11-14)12-24-19(26)17-9-4-10-23(17)21(24)29/h3,5-6,11,15-17H,1-2,4,7-10,12H2,(H,22,25)(H,27,28). The first-order chi connectivity index (χ1) is 14.0. The second-order valence-corrected chi connectivity index (χ2v) is 8.08. The molecule has 3 atom stereocenters. The number of amides is 4. The number of nitrogens with zero attached hydrogens (tertiary/aromatic N) is 2. The molecule has 3 aliphatic rings. The van der Waals surface area contributed by atoms with Gasteiger partial charge >= 0.3 is 12.0 Å². The summed E-state index contributed by atoms with van der Waals surface area (Å²) in [6.45, 7) is 0.781. The molecular weight excluding hydrogens is 374 g/mol. The van der Waals surface area contributed by atoms with E-state index in [0.717, 1.165) is 24.8 Å². The molecule has 4 rings (SSSR count). The highest BCUT2D eigenvalue weighted by molar-refractivity contribution is 6.04. The van der Waals surface area contributed by atoms with E-state index in [-0.39, 0.29) is 30.4 Å². The number of carboxylic acid groups (broad SMARTS) is 1. The number of anilines is 1. The number of carbonyl (C=O) groups excluding carboxylic acids is 3. The van der Waals surface area contributed by atoms with Crippen LogP contribution in [0.4, 0.5) is 10.5 Å². The Balaban J connectivity index is 1.44. The first-order valence-corrected chi connectivity index (χ1v) is 10.2. The van der Waals surface area contributed by atoms with Crippen LogP contribution >= 0.6 is 0 Å². The van der Waals surface area contributed by atoms with Gasteiger partial charge in [0, 0.05) is 12.2 Å². The summed E-state index contributed by atoms with van der Waals surface area (Å²) in [5.74, 6) is -2.57. The van der Waals surface area contributed by atoms with E-state index >= 15 is 0 Å². The van der Waals surface area contributed by atoms with Crippen molar-refractivity contribution in [1.82, 2.24) is 9.80 Å². The molecule has 0 bridgehead atoms. The summed E-state index contributed by atoms with van der Waals surface area (Å²) in [5, 5.41) is 12.2. The molecule has 0 spiro atoms. The van der Waals surface area contributed by atoms with E-state index in [4.69, 9.17) is 0 Å². The van der Waals surface area contributed by atoms with Gasteiger partial charge in [-0.1, -0.05) is 25.0 Å². The van der Waals surface area contributed by atoms with Crippen molar-refractivity contribution in [1.29, 1.82) is 0 Å². The molecule has 1 aliphatic carbocycles. The Morgan fingerprint density at radius 1 is 1.07 bits per heavy atom. The van der Waals surface area contributed by atoms with Gasteiger partial charge in [-0.3, -0.25) is 19.3 Å². The topological polar surface area (TPSA) is 107 Å². The Morgan fingerprint density at radius 2 is 1.83 bits per heavy atom. The average molecular weight is 399 g/mol. The van der Waals surface area contributed by atoms with Crippen molar-refractivity contribution in [3.8, 4) is 0 Å². The molecule has 8 nitrogen and oxygen atoms in total. The summed E-state index contributed by atoms with van der Waals surface area (Å²) in [7, 11) is 0. The van der Waals surface area contributed by atoms with Crippen LogP contribution in [0, 0.1) is 11.8 Å². The predicted octanol–water partition coefficient (Wildman–Crippen LogP) is 2.44. The van der Waals surface area contributed by atoms with Crippen LogP contribution in [0.5, 0.6) is 0 Å². The second-order valence-electron chi connectivity index (χ2n) is 8.08. The molecule has 1 aromatic carbocycles. The van der Waals surface area contributed by atoms with Gasteiger partial charge in [-0.2, -0.15) is 0 Å². The van der Waals surface area contributed by atoms with Crippen LogP contribution in [-0.4, -0.2) is 51.3 Å². The van der Waals surface area contributed by atoms with Gasteiger partial charge in [-0.05, 0) is 43.4 Å². The molecule has 3 fully saturated rings. The number of nitrogens with one attached hydrogen (secondary N) is 1. The van der Waals surface area contributed by atoms with Crippen LogP contribution in [0.1, 0.15) is 44.1 Å². The number of urea groups is 1. The number of benzene rings is 1. The summed E-state index contributed by atoms with van der Waals surface area (Å²) >= 11 is 0. The average Bonchev–Trinajstić information content (AvgIpc) is 3.28. The highest BCUT2D eigenvalue weighted by atomic mass is 16.4. The summed E-state index contributed by atoms with van der Waals surface area (Å²) in [6, 6.07) is 6.45. The highest BCUT2D eigenvalue weighted by Gasteiger charge is 2.47. The quantitative estimate of drug-likeness (QED) is 0.740. The fourth-order valence-electron chi connectivity index (χ4n) is 4.73. The molecule has 2 N–H and O–H groups in total.